The number of hydrogen-bond donors (Lipinski definition) is 2. The van der Waals surface area contributed by atoms with Crippen LogP contribution in [0.2, 0.25) is 0 Å². The van der Waals surface area contributed by atoms with Gasteiger partial charge in [-0.25, -0.2) is 4.98 Å². The number of aromatic nitrogens is 2. The third-order valence-electron chi connectivity index (χ3n) is 6.20. The van der Waals surface area contributed by atoms with Gasteiger partial charge in [0.1, 0.15) is 5.65 Å². The first-order valence-corrected chi connectivity index (χ1v) is 10.9. The summed E-state index contributed by atoms with van der Waals surface area (Å²) < 4.78 is 7.51. The van der Waals surface area contributed by atoms with Gasteiger partial charge < -0.3 is 19.8 Å². The molecule has 0 unspecified atom stereocenters. The normalized spacial score (nSPS) is 23.8. The van der Waals surface area contributed by atoms with Gasteiger partial charge >= 0.3 is 0 Å². The summed E-state index contributed by atoms with van der Waals surface area (Å²) in [6.07, 6.45) is 7.30. The molecule has 4 heterocycles. The van der Waals surface area contributed by atoms with Gasteiger partial charge in [0.05, 0.1) is 24.4 Å². The van der Waals surface area contributed by atoms with Gasteiger partial charge in [-0.05, 0) is 37.8 Å². The molecule has 2 N–H and O–H groups in total. The van der Waals surface area contributed by atoms with Crippen molar-refractivity contribution in [1.82, 2.24) is 24.9 Å². The van der Waals surface area contributed by atoms with E-state index in [4.69, 9.17) is 4.74 Å². The molecule has 162 valence electrons. The second-order valence-electron chi connectivity index (χ2n) is 8.37. The van der Waals surface area contributed by atoms with Crippen LogP contribution in [0.5, 0.6) is 0 Å². The molecule has 2 atom stereocenters. The summed E-state index contributed by atoms with van der Waals surface area (Å²) in [5, 5.41) is 6.18. The molecule has 0 spiro atoms. The monoisotopic (exact) mass is 413 g/mol. The Bertz CT molecular complexity index is 877. The molecule has 2 fully saturated rings. The highest BCUT2D eigenvalue weighted by Gasteiger charge is 2.32. The quantitative estimate of drug-likeness (QED) is 0.773. The van der Waals surface area contributed by atoms with E-state index in [0.29, 0.717) is 12.6 Å². The molecular formula is C22H31N5O3. The lowest BCUT2D eigenvalue weighted by molar-refractivity contribution is -0.126. The van der Waals surface area contributed by atoms with Gasteiger partial charge in [-0.15, -0.1) is 0 Å². The minimum Gasteiger partial charge on any atom is -0.381 e. The lowest BCUT2D eigenvalue weighted by Gasteiger charge is -2.36. The number of rotatable bonds is 5. The number of carbonyl (C=O) groups excluding carboxylic acids is 2. The SMILES string of the molecule is CC(=O)N[C@H]1CC[C@@H](C(=O)NCc2cnc3ccccn23)CN(C2CCOCC2)C1. The number of amides is 2. The van der Waals surface area contributed by atoms with Crippen molar-refractivity contribution in [3.05, 3.63) is 36.3 Å². The van der Waals surface area contributed by atoms with Crippen molar-refractivity contribution >= 4 is 17.5 Å². The highest BCUT2D eigenvalue weighted by molar-refractivity contribution is 5.79. The standard InChI is InChI=1S/C22H31N5O3/c1-16(28)25-18-6-5-17(14-26(15-18)19-7-10-30-11-8-19)22(29)24-13-20-12-23-21-4-2-3-9-27(20)21/h2-4,9,12,17-19H,5-8,10-11,13-15H2,1H3,(H,24,29)(H,25,28)/t17-,18+/m1/s1. The van der Waals surface area contributed by atoms with Gasteiger partial charge in [-0.3, -0.25) is 14.5 Å². The molecule has 2 aliphatic rings. The van der Waals surface area contributed by atoms with E-state index < -0.39 is 0 Å². The van der Waals surface area contributed by atoms with Crippen molar-refractivity contribution < 1.29 is 14.3 Å². The molecule has 2 aromatic rings. The van der Waals surface area contributed by atoms with E-state index in [1.165, 1.54) is 0 Å². The summed E-state index contributed by atoms with van der Waals surface area (Å²) in [7, 11) is 0. The maximum Gasteiger partial charge on any atom is 0.224 e. The number of imidazole rings is 1. The summed E-state index contributed by atoms with van der Waals surface area (Å²) in [5.41, 5.74) is 1.84. The number of ether oxygens (including phenoxy) is 1. The van der Waals surface area contributed by atoms with Gasteiger partial charge in [0.25, 0.3) is 0 Å². The van der Waals surface area contributed by atoms with Gasteiger partial charge in [0.2, 0.25) is 11.8 Å². The predicted octanol–water partition coefficient (Wildman–Crippen LogP) is 1.35. The minimum absolute atomic E-state index is 0.0116. The fourth-order valence-electron chi connectivity index (χ4n) is 4.63. The maximum absolute atomic E-state index is 13.1. The van der Waals surface area contributed by atoms with E-state index in [-0.39, 0.29) is 23.8 Å². The Balaban J connectivity index is 1.41. The van der Waals surface area contributed by atoms with Crippen molar-refractivity contribution in [2.24, 2.45) is 5.92 Å². The van der Waals surface area contributed by atoms with E-state index in [0.717, 1.165) is 63.3 Å². The van der Waals surface area contributed by atoms with E-state index in [1.807, 2.05) is 35.0 Å². The summed E-state index contributed by atoms with van der Waals surface area (Å²) in [5.74, 6) is -0.0327. The van der Waals surface area contributed by atoms with Crippen molar-refractivity contribution in [3.63, 3.8) is 0 Å². The average molecular weight is 414 g/mol. The van der Waals surface area contributed by atoms with Gasteiger partial charge in [0, 0.05) is 51.5 Å². The Morgan fingerprint density at radius 2 is 2.00 bits per heavy atom. The summed E-state index contributed by atoms with van der Waals surface area (Å²) in [6.45, 7) is 5.05. The first-order chi connectivity index (χ1) is 14.6. The second kappa shape index (κ2) is 9.57. The van der Waals surface area contributed by atoms with E-state index in [1.54, 1.807) is 6.92 Å². The Hall–Kier alpha value is -2.45. The molecule has 0 aliphatic carbocycles. The molecule has 0 aromatic carbocycles. The van der Waals surface area contributed by atoms with E-state index in [9.17, 15) is 9.59 Å². The van der Waals surface area contributed by atoms with E-state index in [2.05, 4.69) is 20.5 Å². The van der Waals surface area contributed by atoms with Crippen LogP contribution in [0.1, 0.15) is 38.3 Å². The molecule has 2 aromatic heterocycles. The largest absolute Gasteiger partial charge is 0.381 e. The number of nitrogens with one attached hydrogen (secondary N) is 2. The average Bonchev–Trinajstić information content (AvgIpc) is 3.05. The molecule has 8 heteroatoms. The van der Waals surface area contributed by atoms with Crippen molar-refractivity contribution in [1.29, 1.82) is 0 Å². The zero-order valence-electron chi connectivity index (χ0n) is 17.5. The zero-order chi connectivity index (χ0) is 20.9. The van der Waals surface area contributed by atoms with Crippen molar-refractivity contribution in [3.8, 4) is 0 Å². The number of nitrogens with zero attached hydrogens (tertiary/aromatic N) is 3. The van der Waals surface area contributed by atoms with Crippen LogP contribution in [0.25, 0.3) is 5.65 Å². The number of pyridine rings is 1. The topological polar surface area (TPSA) is 88.0 Å². The van der Waals surface area contributed by atoms with Crippen LogP contribution in [0.15, 0.2) is 30.6 Å². The molecule has 30 heavy (non-hydrogen) atoms. The summed E-state index contributed by atoms with van der Waals surface area (Å²) >= 11 is 0. The fraction of sp³-hybridized carbons (Fsp3) is 0.591. The molecule has 2 aliphatic heterocycles. The molecule has 0 bridgehead atoms. The van der Waals surface area contributed by atoms with Crippen LogP contribution in [0.3, 0.4) is 0 Å². The van der Waals surface area contributed by atoms with Gasteiger partial charge in [-0.2, -0.15) is 0 Å². The third-order valence-corrected chi connectivity index (χ3v) is 6.20. The second-order valence-corrected chi connectivity index (χ2v) is 8.37. The van der Waals surface area contributed by atoms with Gasteiger partial charge in [0.15, 0.2) is 0 Å². The van der Waals surface area contributed by atoms with Crippen LogP contribution in [0.4, 0.5) is 0 Å². The smallest absolute Gasteiger partial charge is 0.224 e. The van der Waals surface area contributed by atoms with Crippen molar-refractivity contribution in [2.45, 2.75) is 51.2 Å². The minimum atomic E-state index is -0.0919. The Kier molecular flexibility index (Phi) is 6.64. The number of carbonyl (C=O) groups is 2. The predicted molar refractivity (Wildman–Crippen MR) is 113 cm³/mol. The molecule has 0 radical (unpaired) electrons. The lowest BCUT2D eigenvalue weighted by Crippen LogP contribution is -2.48. The lowest BCUT2D eigenvalue weighted by atomic mass is 10.00. The number of fused-ring (bicyclic) bond motifs is 1. The molecular weight excluding hydrogens is 382 g/mol. The Labute approximate surface area is 177 Å². The molecule has 8 nitrogen and oxygen atoms in total. The first kappa shape index (κ1) is 20.8. The molecule has 0 saturated carbocycles. The van der Waals surface area contributed by atoms with Crippen LogP contribution in [-0.4, -0.2) is 64.5 Å². The van der Waals surface area contributed by atoms with Gasteiger partial charge in [-0.1, -0.05) is 6.07 Å². The third kappa shape index (κ3) is 4.99. The molecule has 4 rings (SSSR count). The highest BCUT2D eigenvalue weighted by Crippen LogP contribution is 2.23. The highest BCUT2D eigenvalue weighted by atomic mass is 16.5. The zero-order valence-corrected chi connectivity index (χ0v) is 17.5. The number of likely N-dealkylation sites (tertiary alicyclic amines) is 1. The van der Waals surface area contributed by atoms with E-state index >= 15 is 0 Å². The van der Waals surface area contributed by atoms with Crippen LogP contribution in [-0.2, 0) is 20.9 Å². The Morgan fingerprint density at radius 3 is 2.80 bits per heavy atom. The van der Waals surface area contributed by atoms with Crippen molar-refractivity contribution in [2.75, 3.05) is 26.3 Å². The molecule has 2 amide bonds. The Morgan fingerprint density at radius 1 is 1.17 bits per heavy atom. The summed E-state index contributed by atoms with van der Waals surface area (Å²) in [6, 6.07) is 6.35. The maximum atomic E-state index is 13.1. The summed E-state index contributed by atoms with van der Waals surface area (Å²) in [4.78, 5) is 31.5. The fourth-order valence-corrected chi connectivity index (χ4v) is 4.63. The molecule has 2 saturated heterocycles. The van der Waals surface area contributed by atoms with Crippen LogP contribution in [0, 0.1) is 5.92 Å². The first-order valence-electron chi connectivity index (χ1n) is 10.9. The van der Waals surface area contributed by atoms with Crippen LogP contribution >= 0.6 is 0 Å². The van der Waals surface area contributed by atoms with Crippen LogP contribution < -0.4 is 10.6 Å². The number of hydrogen-bond acceptors (Lipinski definition) is 5.